The molecule has 0 spiro atoms. The molecule has 0 fully saturated rings. The molecule has 1 rings (SSSR count). The Morgan fingerprint density at radius 3 is 2.92 bits per heavy atom. The van der Waals surface area contributed by atoms with E-state index < -0.39 is 0 Å². The Balaban J connectivity index is 2.41. The van der Waals surface area contributed by atoms with Crippen LogP contribution in [0.25, 0.3) is 0 Å². The van der Waals surface area contributed by atoms with Crippen molar-refractivity contribution in [3.63, 3.8) is 0 Å². The molecule has 0 saturated heterocycles. The van der Waals surface area contributed by atoms with Crippen LogP contribution in [-0.4, -0.2) is 28.9 Å². The lowest BCUT2D eigenvalue weighted by Gasteiger charge is -1.94. The summed E-state index contributed by atoms with van der Waals surface area (Å²) in [4.78, 5) is 10.8. The van der Waals surface area contributed by atoms with E-state index in [1.807, 2.05) is 6.92 Å². The first-order valence-electron chi connectivity index (χ1n) is 3.92. The molecule has 0 unspecified atom stereocenters. The minimum absolute atomic E-state index is 0.0544. The van der Waals surface area contributed by atoms with Gasteiger partial charge in [-0.3, -0.25) is 4.79 Å². The lowest BCUT2D eigenvalue weighted by molar-refractivity contribution is -0.118. The number of aryl methyl sites for hydroxylation is 1. The van der Waals surface area contributed by atoms with Gasteiger partial charge in [-0.15, -0.1) is 10.2 Å². The zero-order valence-electron chi connectivity index (χ0n) is 7.53. The molecule has 1 N–H and O–H groups in total. The molecule has 0 aliphatic carbocycles. The molecule has 0 aliphatic heterocycles. The van der Waals surface area contributed by atoms with Crippen molar-refractivity contribution in [2.45, 2.75) is 18.6 Å². The maximum absolute atomic E-state index is 10.8. The minimum atomic E-state index is -0.0544. The molecule has 0 saturated carbocycles. The second-order valence-electron chi connectivity index (χ2n) is 2.28. The Morgan fingerprint density at radius 2 is 2.38 bits per heavy atom. The fourth-order valence-electron chi connectivity index (χ4n) is 0.639. The fourth-order valence-corrected chi connectivity index (χ4v) is 1.29. The lowest BCUT2D eigenvalue weighted by Crippen LogP contribution is -2.19. The highest BCUT2D eigenvalue weighted by atomic mass is 32.2. The Hall–Kier alpha value is -1.04. The van der Waals surface area contributed by atoms with E-state index in [1.54, 1.807) is 7.05 Å². The molecule has 1 aromatic rings. The Kier molecular flexibility index (Phi) is 3.75. The standard InChI is InChI=1S/C7H11N3O2S/c1-3-6-9-10-7(12-6)13-4-5(11)8-2/h3-4H2,1-2H3,(H,8,11). The average molecular weight is 201 g/mol. The van der Waals surface area contributed by atoms with Gasteiger partial charge in [0.1, 0.15) is 0 Å². The molecular formula is C7H11N3O2S. The van der Waals surface area contributed by atoms with Gasteiger partial charge in [0, 0.05) is 13.5 Å². The normalized spacial score (nSPS) is 10.0. The molecule has 6 heteroatoms. The SMILES string of the molecule is CCc1nnc(SCC(=O)NC)o1. The van der Waals surface area contributed by atoms with Gasteiger partial charge in [-0.25, -0.2) is 0 Å². The van der Waals surface area contributed by atoms with E-state index in [-0.39, 0.29) is 5.91 Å². The largest absolute Gasteiger partial charge is 0.416 e. The predicted molar refractivity (Wildman–Crippen MR) is 48.5 cm³/mol. The predicted octanol–water partition coefficient (Wildman–Crippen LogP) is 0.470. The highest BCUT2D eigenvalue weighted by Gasteiger charge is 2.06. The Morgan fingerprint density at radius 1 is 1.62 bits per heavy atom. The number of thioether (sulfide) groups is 1. The maximum atomic E-state index is 10.8. The molecule has 72 valence electrons. The summed E-state index contributed by atoms with van der Waals surface area (Å²) in [5.74, 6) is 0.850. The van der Waals surface area contributed by atoms with Gasteiger partial charge in [0.15, 0.2) is 0 Å². The molecule has 1 heterocycles. The number of amides is 1. The van der Waals surface area contributed by atoms with Gasteiger partial charge in [-0.05, 0) is 0 Å². The molecule has 1 amide bonds. The van der Waals surface area contributed by atoms with Gasteiger partial charge in [0.25, 0.3) is 5.22 Å². The summed E-state index contributed by atoms with van der Waals surface area (Å²) in [6.07, 6.45) is 0.716. The van der Waals surface area contributed by atoms with Crippen LogP contribution in [0.1, 0.15) is 12.8 Å². The number of carbonyl (C=O) groups is 1. The van der Waals surface area contributed by atoms with Crippen molar-refractivity contribution in [1.82, 2.24) is 15.5 Å². The summed E-state index contributed by atoms with van der Waals surface area (Å²) in [5, 5.41) is 10.5. The fraction of sp³-hybridized carbons (Fsp3) is 0.571. The Labute approximate surface area is 80.3 Å². The van der Waals surface area contributed by atoms with E-state index in [0.29, 0.717) is 23.3 Å². The molecule has 0 bridgehead atoms. The second kappa shape index (κ2) is 4.86. The van der Waals surface area contributed by atoms with E-state index in [0.717, 1.165) is 0 Å². The number of aromatic nitrogens is 2. The van der Waals surface area contributed by atoms with Crippen LogP contribution >= 0.6 is 11.8 Å². The molecule has 0 atom stereocenters. The van der Waals surface area contributed by atoms with Gasteiger partial charge in [-0.1, -0.05) is 18.7 Å². The monoisotopic (exact) mass is 201 g/mol. The molecule has 13 heavy (non-hydrogen) atoms. The summed E-state index contributed by atoms with van der Waals surface area (Å²) >= 11 is 1.24. The molecular weight excluding hydrogens is 190 g/mol. The van der Waals surface area contributed by atoms with Crippen molar-refractivity contribution in [2.24, 2.45) is 0 Å². The molecule has 1 aromatic heterocycles. The van der Waals surface area contributed by atoms with Gasteiger partial charge < -0.3 is 9.73 Å². The van der Waals surface area contributed by atoms with Crippen LogP contribution in [0.3, 0.4) is 0 Å². The zero-order valence-corrected chi connectivity index (χ0v) is 8.35. The summed E-state index contributed by atoms with van der Waals surface area (Å²) in [5.41, 5.74) is 0. The molecule has 0 radical (unpaired) electrons. The summed E-state index contributed by atoms with van der Waals surface area (Å²) in [6.45, 7) is 1.93. The van der Waals surface area contributed by atoms with Crippen LogP contribution in [0, 0.1) is 0 Å². The molecule has 5 nitrogen and oxygen atoms in total. The van der Waals surface area contributed by atoms with Crippen LogP contribution in [0.15, 0.2) is 9.64 Å². The third-order valence-electron chi connectivity index (χ3n) is 1.36. The minimum Gasteiger partial charge on any atom is -0.416 e. The molecule has 0 aliphatic rings. The van der Waals surface area contributed by atoms with Crippen molar-refractivity contribution in [1.29, 1.82) is 0 Å². The van der Waals surface area contributed by atoms with Crippen LogP contribution in [0.5, 0.6) is 0 Å². The van der Waals surface area contributed by atoms with Crippen molar-refractivity contribution in [3.8, 4) is 0 Å². The highest BCUT2D eigenvalue weighted by Crippen LogP contribution is 2.15. The van der Waals surface area contributed by atoms with Crippen LogP contribution in [0.4, 0.5) is 0 Å². The smallest absolute Gasteiger partial charge is 0.277 e. The van der Waals surface area contributed by atoms with Crippen LogP contribution in [0.2, 0.25) is 0 Å². The van der Waals surface area contributed by atoms with Gasteiger partial charge in [0.2, 0.25) is 11.8 Å². The summed E-state index contributed by atoms with van der Waals surface area (Å²) < 4.78 is 5.19. The van der Waals surface area contributed by atoms with Gasteiger partial charge >= 0.3 is 0 Å². The number of hydrogen-bond acceptors (Lipinski definition) is 5. The van der Waals surface area contributed by atoms with Crippen molar-refractivity contribution in [2.75, 3.05) is 12.8 Å². The number of rotatable bonds is 4. The topological polar surface area (TPSA) is 68.0 Å². The summed E-state index contributed by atoms with van der Waals surface area (Å²) in [7, 11) is 1.59. The van der Waals surface area contributed by atoms with Gasteiger partial charge in [-0.2, -0.15) is 0 Å². The third-order valence-corrected chi connectivity index (χ3v) is 2.17. The quantitative estimate of drug-likeness (QED) is 0.717. The molecule has 0 aromatic carbocycles. The number of nitrogens with one attached hydrogen (secondary N) is 1. The van der Waals surface area contributed by atoms with E-state index in [2.05, 4.69) is 15.5 Å². The number of carbonyl (C=O) groups excluding carboxylic acids is 1. The first kappa shape index (κ1) is 10.0. The van der Waals surface area contributed by atoms with E-state index in [4.69, 9.17) is 4.42 Å². The van der Waals surface area contributed by atoms with E-state index >= 15 is 0 Å². The zero-order chi connectivity index (χ0) is 9.68. The summed E-state index contributed by atoms with van der Waals surface area (Å²) in [6, 6.07) is 0. The van der Waals surface area contributed by atoms with E-state index in [9.17, 15) is 4.79 Å². The van der Waals surface area contributed by atoms with Crippen molar-refractivity contribution in [3.05, 3.63) is 5.89 Å². The first-order valence-corrected chi connectivity index (χ1v) is 4.90. The van der Waals surface area contributed by atoms with Crippen LogP contribution < -0.4 is 5.32 Å². The number of hydrogen-bond donors (Lipinski definition) is 1. The van der Waals surface area contributed by atoms with E-state index in [1.165, 1.54) is 11.8 Å². The van der Waals surface area contributed by atoms with Crippen LogP contribution in [-0.2, 0) is 11.2 Å². The van der Waals surface area contributed by atoms with Crippen molar-refractivity contribution >= 4 is 17.7 Å². The highest BCUT2D eigenvalue weighted by molar-refractivity contribution is 7.99. The van der Waals surface area contributed by atoms with Crippen molar-refractivity contribution < 1.29 is 9.21 Å². The second-order valence-corrected chi connectivity index (χ2v) is 3.20. The average Bonchev–Trinajstić information content (AvgIpc) is 2.61. The maximum Gasteiger partial charge on any atom is 0.277 e. The Bertz CT molecular complexity index is 287. The first-order chi connectivity index (χ1) is 6.26. The third kappa shape index (κ3) is 3.06. The van der Waals surface area contributed by atoms with Gasteiger partial charge in [0.05, 0.1) is 5.75 Å². The lowest BCUT2D eigenvalue weighted by atomic mass is 10.5. The number of nitrogens with zero attached hydrogens (tertiary/aromatic N) is 2.